The zero-order valence-corrected chi connectivity index (χ0v) is 18.8. The Hall–Kier alpha value is -2.73. The molecule has 178 valence electrons. The average molecular weight is 458 g/mol. The molecule has 33 heavy (non-hydrogen) atoms. The molecule has 1 aromatic rings. The number of nitro groups is 1. The van der Waals surface area contributed by atoms with Gasteiger partial charge in [-0.25, -0.2) is 14.8 Å². The van der Waals surface area contributed by atoms with Crippen molar-refractivity contribution >= 4 is 17.2 Å². The standard InChI is InChI=1S/C22H31N7O4/c30-29(31)20-4-2-1-3-19(20)25-7-9-27(10-8-25)22(28-13-17-33-18-14-28)23-6-5-21(24-22)26-11-15-32-16-12-26/h1-6,23H,7-18H2. The van der Waals surface area contributed by atoms with Gasteiger partial charge in [0, 0.05) is 64.6 Å². The number of nitro benzene ring substituents is 1. The number of aliphatic imine (C=N–C) groups is 1. The molecule has 0 bridgehead atoms. The minimum atomic E-state index is -0.694. The van der Waals surface area contributed by atoms with E-state index in [0.29, 0.717) is 45.2 Å². The highest BCUT2D eigenvalue weighted by Crippen LogP contribution is 2.31. The van der Waals surface area contributed by atoms with Gasteiger partial charge in [-0.2, -0.15) is 0 Å². The maximum absolute atomic E-state index is 11.5. The lowest BCUT2D eigenvalue weighted by Crippen LogP contribution is -2.72. The number of rotatable bonds is 4. The maximum Gasteiger partial charge on any atom is 0.292 e. The van der Waals surface area contributed by atoms with Crippen molar-refractivity contribution in [3.8, 4) is 0 Å². The van der Waals surface area contributed by atoms with Crippen molar-refractivity contribution in [2.45, 2.75) is 5.91 Å². The lowest BCUT2D eigenvalue weighted by atomic mass is 10.2. The highest BCUT2D eigenvalue weighted by atomic mass is 16.6. The molecule has 1 atom stereocenters. The van der Waals surface area contributed by atoms with E-state index in [2.05, 4.69) is 24.9 Å². The van der Waals surface area contributed by atoms with Crippen LogP contribution in [0.1, 0.15) is 0 Å². The molecule has 11 nitrogen and oxygen atoms in total. The van der Waals surface area contributed by atoms with Crippen LogP contribution in [0.3, 0.4) is 0 Å². The molecule has 11 heteroatoms. The summed E-state index contributed by atoms with van der Waals surface area (Å²) in [6.45, 7) is 8.80. The molecule has 3 saturated heterocycles. The molecular formula is C22H31N7O4. The fraction of sp³-hybridized carbons (Fsp3) is 0.591. The summed E-state index contributed by atoms with van der Waals surface area (Å²) >= 11 is 0. The fourth-order valence-corrected chi connectivity index (χ4v) is 4.97. The average Bonchev–Trinajstić information content (AvgIpc) is 2.90. The van der Waals surface area contributed by atoms with E-state index in [0.717, 1.165) is 45.1 Å². The van der Waals surface area contributed by atoms with Crippen LogP contribution in [-0.4, -0.2) is 110 Å². The van der Waals surface area contributed by atoms with E-state index in [1.54, 1.807) is 12.1 Å². The van der Waals surface area contributed by atoms with E-state index in [4.69, 9.17) is 14.5 Å². The number of para-hydroxylation sites is 2. The number of piperazine rings is 1. The summed E-state index contributed by atoms with van der Waals surface area (Å²) in [6.07, 6.45) is 4.04. The first kappa shape index (κ1) is 22.1. The molecular weight excluding hydrogens is 426 g/mol. The molecule has 1 aromatic carbocycles. The highest BCUT2D eigenvalue weighted by Gasteiger charge is 2.45. The molecule has 0 aliphatic carbocycles. The smallest absolute Gasteiger partial charge is 0.292 e. The van der Waals surface area contributed by atoms with E-state index < -0.39 is 5.91 Å². The lowest BCUT2D eigenvalue weighted by molar-refractivity contribution is -0.384. The van der Waals surface area contributed by atoms with Crippen LogP contribution in [0.4, 0.5) is 11.4 Å². The number of amidine groups is 1. The van der Waals surface area contributed by atoms with Crippen molar-refractivity contribution in [3.63, 3.8) is 0 Å². The van der Waals surface area contributed by atoms with Gasteiger partial charge in [-0.05, 0) is 12.1 Å². The first-order chi connectivity index (χ1) is 16.2. The molecule has 0 saturated carbocycles. The van der Waals surface area contributed by atoms with E-state index in [1.807, 2.05) is 24.4 Å². The summed E-state index contributed by atoms with van der Waals surface area (Å²) in [5.41, 5.74) is 0.830. The lowest BCUT2D eigenvalue weighted by Gasteiger charge is -2.52. The van der Waals surface area contributed by atoms with Gasteiger partial charge in [-0.3, -0.25) is 10.1 Å². The second kappa shape index (κ2) is 9.64. The molecule has 1 unspecified atom stereocenters. The van der Waals surface area contributed by atoms with E-state index in [9.17, 15) is 10.1 Å². The van der Waals surface area contributed by atoms with Gasteiger partial charge >= 0.3 is 0 Å². The van der Waals surface area contributed by atoms with Gasteiger partial charge in [0.15, 0.2) is 0 Å². The number of nitrogens with zero attached hydrogens (tertiary/aromatic N) is 6. The van der Waals surface area contributed by atoms with Gasteiger partial charge in [0.05, 0.1) is 31.4 Å². The Morgan fingerprint density at radius 3 is 2.21 bits per heavy atom. The molecule has 0 amide bonds. The Morgan fingerprint density at radius 1 is 0.879 bits per heavy atom. The highest BCUT2D eigenvalue weighted by molar-refractivity contribution is 5.93. The second-order valence-electron chi connectivity index (χ2n) is 8.50. The SMILES string of the molecule is O=[N+]([O-])c1ccccc1N1CCN(C2(N3CCOCC3)N=C(N3CCOCC3)C=CN2)CC1. The van der Waals surface area contributed by atoms with E-state index >= 15 is 0 Å². The van der Waals surface area contributed by atoms with Gasteiger partial charge in [-0.1, -0.05) is 12.1 Å². The molecule has 4 aliphatic heterocycles. The molecule has 4 aliphatic rings. The van der Waals surface area contributed by atoms with Crippen LogP contribution in [0, 0.1) is 10.1 Å². The Morgan fingerprint density at radius 2 is 1.52 bits per heavy atom. The normalized spacial score (nSPS) is 27.2. The molecule has 1 N–H and O–H groups in total. The van der Waals surface area contributed by atoms with Crippen molar-refractivity contribution in [3.05, 3.63) is 46.7 Å². The summed E-state index contributed by atoms with van der Waals surface area (Å²) in [5.74, 6) is 0.269. The molecule has 4 heterocycles. The zero-order valence-electron chi connectivity index (χ0n) is 18.8. The van der Waals surface area contributed by atoms with Crippen LogP contribution < -0.4 is 10.2 Å². The Bertz CT molecular complexity index is 906. The number of anilines is 1. The van der Waals surface area contributed by atoms with Crippen LogP contribution in [-0.2, 0) is 9.47 Å². The third-order valence-electron chi connectivity index (χ3n) is 6.71. The third-order valence-corrected chi connectivity index (χ3v) is 6.71. The number of nitrogens with one attached hydrogen (secondary N) is 1. The summed E-state index contributed by atoms with van der Waals surface area (Å²) < 4.78 is 11.2. The van der Waals surface area contributed by atoms with Gasteiger partial charge in [0.2, 0.25) is 0 Å². The molecule has 5 rings (SSSR count). The monoisotopic (exact) mass is 457 g/mol. The minimum absolute atomic E-state index is 0.153. The Balaban J connectivity index is 1.39. The number of ether oxygens (including phenoxy) is 2. The Labute approximate surface area is 193 Å². The van der Waals surface area contributed by atoms with Crippen LogP contribution in [0.5, 0.6) is 0 Å². The maximum atomic E-state index is 11.5. The predicted octanol–water partition coefficient (Wildman–Crippen LogP) is 0.508. The predicted molar refractivity (Wildman–Crippen MR) is 124 cm³/mol. The molecule has 0 aromatic heterocycles. The number of benzene rings is 1. The fourth-order valence-electron chi connectivity index (χ4n) is 4.97. The third kappa shape index (κ3) is 4.41. The van der Waals surface area contributed by atoms with Crippen LogP contribution in [0.25, 0.3) is 0 Å². The van der Waals surface area contributed by atoms with Crippen LogP contribution >= 0.6 is 0 Å². The van der Waals surface area contributed by atoms with Crippen molar-refractivity contribution in [2.75, 3.05) is 83.7 Å². The zero-order chi connectivity index (χ0) is 22.7. The topological polar surface area (TPSA) is 99.0 Å². The minimum Gasteiger partial charge on any atom is -0.379 e. The summed E-state index contributed by atoms with van der Waals surface area (Å²) in [4.78, 5) is 25.6. The number of morpholine rings is 2. The van der Waals surface area contributed by atoms with Crippen molar-refractivity contribution in [2.24, 2.45) is 4.99 Å². The first-order valence-electron chi connectivity index (χ1n) is 11.6. The molecule has 0 radical (unpaired) electrons. The van der Waals surface area contributed by atoms with Gasteiger partial charge < -0.3 is 24.6 Å². The van der Waals surface area contributed by atoms with Crippen LogP contribution in [0.2, 0.25) is 0 Å². The number of hydrogen-bond donors (Lipinski definition) is 1. The van der Waals surface area contributed by atoms with Crippen molar-refractivity contribution in [1.82, 2.24) is 20.0 Å². The largest absolute Gasteiger partial charge is 0.379 e. The van der Waals surface area contributed by atoms with Crippen LogP contribution in [0.15, 0.2) is 41.5 Å². The van der Waals surface area contributed by atoms with E-state index in [-0.39, 0.29) is 10.6 Å². The van der Waals surface area contributed by atoms with E-state index in [1.165, 1.54) is 0 Å². The summed E-state index contributed by atoms with van der Waals surface area (Å²) in [7, 11) is 0. The van der Waals surface area contributed by atoms with Gasteiger partial charge in [-0.15, -0.1) is 0 Å². The summed E-state index contributed by atoms with van der Waals surface area (Å²) in [6, 6.07) is 6.98. The number of hydrogen-bond acceptors (Lipinski definition) is 10. The van der Waals surface area contributed by atoms with Gasteiger partial charge in [0.25, 0.3) is 11.6 Å². The molecule has 0 spiro atoms. The van der Waals surface area contributed by atoms with Crippen molar-refractivity contribution < 1.29 is 14.4 Å². The van der Waals surface area contributed by atoms with Crippen molar-refractivity contribution in [1.29, 1.82) is 0 Å². The van der Waals surface area contributed by atoms with Gasteiger partial charge in [0.1, 0.15) is 11.5 Å². The summed E-state index contributed by atoms with van der Waals surface area (Å²) in [5, 5.41) is 15.1. The second-order valence-corrected chi connectivity index (χ2v) is 8.50. The quantitative estimate of drug-likeness (QED) is 0.512. The molecule has 3 fully saturated rings. The first-order valence-corrected chi connectivity index (χ1v) is 11.6. The Kier molecular flexibility index (Phi) is 6.45.